The molecule has 3 rings (SSSR count). The fraction of sp³-hybridized carbons (Fsp3) is 0.316. The monoisotopic (exact) mass is 338 g/mol. The number of nitrogens with one attached hydrogen (secondary N) is 1. The Morgan fingerprint density at radius 3 is 2.88 bits per heavy atom. The topological polar surface area (TPSA) is 65.5 Å². The minimum atomic E-state index is -0.205. The van der Waals surface area contributed by atoms with Crippen molar-refractivity contribution in [1.29, 1.82) is 0 Å². The lowest BCUT2D eigenvalue weighted by molar-refractivity contribution is -0.118. The molecular weight excluding hydrogens is 316 g/mol. The summed E-state index contributed by atoms with van der Waals surface area (Å²) in [6.07, 6.45) is 3.77. The summed E-state index contributed by atoms with van der Waals surface area (Å²) in [7, 11) is 1.89. The highest BCUT2D eigenvalue weighted by molar-refractivity contribution is 6.05. The summed E-state index contributed by atoms with van der Waals surface area (Å²) in [4.78, 5) is 32.8. The Morgan fingerprint density at radius 1 is 1.36 bits per heavy atom. The number of benzene rings is 1. The van der Waals surface area contributed by atoms with Crippen molar-refractivity contribution in [2.75, 3.05) is 28.7 Å². The van der Waals surface area contributed by atoms with Gasteiger partial charge in [0.25, 0.3) is 0 Å². The number of aromatic nitrogens is 1. The van der Waals surface area contributed by atoms with Crippen LogP contribution in [0.2, 0.25) is 0 Å². The number of rotatable bonds is 3. The summed E-state index contributed by atoms with van der Waals surface area (Å²) in [6, 6.07) is 9.11. The second kappa shape index (κ2) is 6.93. The van der Waals surface area contributed by atoms with Gasteiger partial charge in [-0.15, -0.1) is 0 Å². The third kappa shape index (κ3) is 3.47. The van der Waals surface area contributed by atoms with Gasteiger partial charge in [-0.25, -0.2) is 0 Å². The van der Waals surface area contributed by atoms with Crippen LogP contribution >= 0.6 is 0 Å². The zero-order valence-electron chi connectivity index (χ0n) is 14.7. The maximum Gasteiger partial charge on any atom is 0.246 e. The van der Waals surface area contributed by atoms with E-state index in [0.717, 1.165) is 16.9 Å². The minimum absolute atomic E-state index is 0.0461. The lowest BCUT2D eigenvalue weighted by Gasteiger charge is -2.30. The van der Waals surface area contributed by atoms with E-state index >= 15 is 0 Å². The number of aryl methyl sites for hydroxylation is 1. The van der Waals surface area contributed by atoms with E-state index in [9.17, 15) is 9.59 Å². The fourth-order valence-corrected chi connectivity index (χ4v) is 3.23. The average molecular weight is 338 g/mol. The summed E-state index contributed by atoms with van der Waals surface area (Å²) in [5, 5.41) is 2.88. The number of fused-ring (bicyclic) bond motifs is 1. The molecule has 2 heterocycles. The Labute approximate surface area is 147 Å². The van der Waals surface area contributed by atoms with Crippen molar-refractivity contribution in [3.05, 3.63) is 48.3 Å². The van der Waals surface area contributed by atoms with Crippen molar-refractivity contribution in [2.45, 2.75) is 26.3 Å². The highest BCUT2D eigenvalue weighted by Crippen LogP contribution is 2.31. The van der Waals surface area contributed by atoms with Crippen molar-refractivity contribution in [1.82, 2.24) is 4.98 Å². The molecule has 1 aromatic carbocycles. The second-order valence-electron chi connectivity index (χ2n) is 6.40. The molecule has 1 atom stereocenters. The van der Waals surface area contributed by atoms with Crippen LogP contribution in [0.25, 0.3) is 0 Å². The van der Waals surface area contributed by atoms with E-state index in [1.165, 1.54) is 0 Å². The summed E-state index contributed by atoms with van der Waals surface area (Å²) in [5.41, 5.74) is 3.39. The van der Waals surface area contributed by atoms with E-state index in [1.807, 2.05) is 56.1 Å². The number of pyridine rings is 1. The van der Waals surface area contributed by atoms with Gasteiger partial charge in [-0.05, 0) is 37.6 Å². The van der Waals surface area contributed by atoms with E-state index in [1.54, 1.807) is 17.3 Å². The third-order valence-electron chi connectivity index (χ3n) is 4.40. The SMILES string of the molecule is Cc1cnccc1N(C)CC(=O)N1c2ccccc2NC(=O)C[C@@H]1C. The van der Waals surface area contributed by atoms with Crippen molar-refractivity contribution in [2.24, 2.45) is 0 Å². The summed E-state index contributed by atoms with van der Waals surface area (Å²) in [6.45, 7) is 4.09. The van der Waals surface area contributed by atoms with Gasteiger partial charge in [0, 0.05) is 37.6 Å². The largest absolute Gasteiger partial charge is 0.365 e. The Bertz CT molecular complexity index is 806. The van der Waals surface area contributed by atoms with E-state index < -0.39 is 0 Å². The predicted molar refractivity (Wildman–Crippen MR) is 98.9 cm³/mol. The van der Waals surface area contributed by atoms with Gasteiger partial charge in [0.1, 0.15) is 0 Å². The van der Waals surface area contributed by atoms with Crippen molar-refractivity contribution >= 4 is 28.9 Å². The lowest BCUT2D eigenvalue weighted by Crippen LogP contribution is -2.44. The molecule has 1 aliphatic heterocycles. The van der Waals surface area contributed by atoms with Crippen LogP contribution in [0.1, 0.15) is 18.9 Å². The molecule has 1 aromatic heterocycles. The zero-order valence-corrected chi connectivity index (χ0v) is 14.7. The van der Waals surface area contributed by atoms with Crippen molar-refractivity contribution in [3.63, 3.8) is 0 Å². The first kappa shape index (κ1) is 17.0. The quantitative estimate of drug-likeness (QED) is 0.934. The molecule has 6 nitrogen and oxygen atoms in total. The van der Waals surface area contributed by atoms with Crippen LogP contribution in [0.15, 0.2) is 42.7 Å². The first-order valence-corrected chi connectivity index (χ1v) is 8.30. The molecule has 0 fully saturated rings. The first-order valence-electron chi connectivity index (χ1n) is 8.30. The van der Waals surface area contributed by atoms with Crippen LogP contribution in [0.5, 0.6) is 0 Å². The van der Waals surface area contributed by atoms with Gasteiger partial charge >= 0.3 is 0 Å². The number of hydrogen-bond acceptors (Lipinski definition) is 4. The summed E-state index contributed by atoms with van der Waals surface area (Å²) >= 11 is 0. The lowest BCUT2D eigenvalue weighted by atomic mass is 10.1. The van der Waals surface area contributed by atoms with Crippen LogP contribution in [-0.4, -0.2) is 36.4 Å². The highest BCUT2D eigenvalue weighted by atomic mass is 16.2. The van der Waals surface area contributed by atoms with E-state index in [4.69, 9.17) is 0 Å². The summed E-state index contributed by atoms with van der Waals surface area (Å²) in [5.74, 6) is -0.122. The van der Waals surface area contributed by atoms with Gasteiger partial charge in [-0.3, -0.25) is 14.6 Å². The maximum absolute atomic E-state index is 13.1. The number of carbonyl (C=O) groups is 2. The zero-order chi connectivity index (χ0) is 18.0. The van der Waals surface area contributed by atoms with Gasteiger partial charge in [0.2, 0.25) is 11.8 Å². The molecule has 2 aromatic rings. The average Bonchev–Trinajstić information content (AvgIpc) is 2.69. The van der Waals surface area contributed by atoms with Gasteiger partial charge in [-0.2, -0.15) is 0 Å². The molecule has 0 saturated carbocycles. The number of carbonyl (C=O) groups excluding carboxylic acids is 2. The maximum atomic E-state index is 13.1. The van der Waals surface area contributed by atoms with Crippen molar-refractivity contribution in [3.8, 4) is 0 Å². The van der Waals surface area contributed by atoms with E-state index in [0.29, 0.717) is 5.69 Å². The van der Waals surface area contributed by atoms with Gasteiger partial charge in [0.15, 0.2) is 0 Å². The number of hydrogen-bond donors (Lipinski definition) is 1. The second-order valence-corrected chi connectivity index (χ2v) is 6.40. The number of nitrogens with zero attached hydrogens (tertiary/aromatic N) is 3. The minimum Gasteiger partial charge on any atom is -0.365 e. The molecule has 0 saturated heterocycles. The van der Waals surface area contributed by atoms with Crippen LogP contribution in [0.4, 0.5) is 17.1 Å². The van der Waals surface area contributed by atoms with E-state index in [2.05, 4.69) is 10.3 Å². The third-order valence-corrected chi connectivity index (χ3v) is 4.40. The van der Waals surface area contributed by atoms with Gasteiger partial charge in [-0.1, -0.05) is 12.1 Å². The fourth-order valence-electron chi connectivity index (χ4n) is 3.23. The molecule has 0 radical (unpaired) electrons. The molecule has 6 heteroatoms. The predicted octanol–water partition coefficient (Wildman–Crippen LogP) is 2.59. The molecule has 25 heavy (non-hydrogen) atoms. The van der Waals surface area contributed by atoms with Gasteiger partial charge < -0.3 is 15.1 Å². The Hall–Kier alpha value is -2.89. The Kier molecular flexibility index (Phi) is 4.70. The van der Waals surface area contributed by atoms with Crippen LogP contribution in [0.3, 0.4) is 0 Å². The number of anilines is 3. The molecule has 2 amide bonds. The normalized spacial score (nSPS) is 16.7. The first-order chi connectivity index (χ1) is 12.0. The van der Waals surface area contributed by atoms with Crippen LogP contribution in [-0.2, 0) is 9.59 Å². The number of para-hydroxylation sites is 2. The molecule has 1 N–H and O–H groups in total. The molecule has 0 unspecified atom stereocenters. The Balaban J connectivity index is 1.88. The molecule has 0 spiro atoms. The van der Waals surface area contributed by atoms with Crippen molar-refractivity contribution < 1.29 is 9.59 Å². The molecule has 1 aliphatic rings. The van der Waals surface area contributed by atoms with Crippen LogP contribution < -0.4 is 15.1 Å². The molecule has 130 valence electrons. The van der Waals surface area contributed by atoms with Crippen LogP contribution in [0, 0.1) is 6.92 Å². The standard InChI is InChI=1S/C19H22N4O2/c1-13-11-20-9-8-16(13)22(3)12-19(25)23-14(2)10-18(24)21-15-6-4-5-7-17(15)23/h4-9,11,14H,10,12H2,1-3H3,(H,21,24)/t14-/m0/s1. The van der Waals surface area contributed by atoms with E-state index in [-0.39, 0.29) is 30.8 Å². The molecule has 0 aliphatic carbocycles. The number of likely N-dealkylation sites (N-methyl/N-ethyl adjacent to an activating group) is 1. The Morgan fingerprint density at radius 2 is 2.12 bits per heavy atom. The number of amides is 2. The molecular formula is C19H22N4O2. The highest BCUT2D eigenvalue weighted by Gasteiger charge is 2.30. The van der Waals surface area contributed by atoms with Gasteiger partial charge in [0.05, 0.1) is 17.9 Å². The molecule has 0 bridgehead atoms. The summed E-state index contributed by atoms with van der Waals surface area (Å²) < 4.78 is 0. The smallest absolute Gasteiger partial charge is 0.246 e.